The van der Waals surface area contributed by atoms with Crippen LogP contribution in [0.4, 0.5) is 0 Å². The largest absolute Gasteiger partial charge is 0.311 e. The van der Waals surface area contributed by atoms with Crippen molar-refractivity contribution in [2.75, 3.05) is 7.05 Å². The summed E-state index contributed by atoms with van der Waals surface area (Å²) in [5.74, 6) is 1.55. The van der Waals surface area contributed by atoms with Crippen molar-refractivity contribution >= 4 is 11.6 Å². The van der Waals surface area contributed by atoms with Crippen molar-refractivity contribution in [3.05, 3.63) is 16.9 Å². The van der Waals surface area contributed by atoms with Crippen molar-refractivity contribution in [1.82, 2.24) is 15.1 Å². The summed E-state index contributed by atoms with van der Waals surface area (Å²) in [7, 11) is 2.05. The van der Waals surface area contributed by atoms with E-state index in [2.05, 4.69) is 35.9 Å². The number of hydrogen-bond acceptors (Lipinski definition) is 2. The van der Waals surface area contributed by atoms with E-state index < -0.39 is 0 Å². The summed E-state index contributed by atoms with van der Waals surface area (Å²) in [6.07, 6.45) is 8.42. The van der Waals surface area contributed by atoms with E-state index in [1.807, 2.05) is 7.05 Å². The van der Waals surface area contributed by atoms with Crippen LogP contribution in [0.5, 0.6) is 0 Å². The summed E-state index contributed by atoms with van der Waals surface area (Å²) in [4.78, 5) is 0. The van der Waals surface area contributed by atoms with Crippen molar-refractivity contribution in [2.45, 2.75) is 65.0 Å². The fourth-order valence-electron chi connectivity index (χ4n) is 3.66. The van der Waals surface area contributed by atoms with Gasteiger partial charge in [-0.3, -0.25) is 4.68 Å². The van der Waals surface area contributed by atoms with Gasteiger partial charge in [-0.15, -0.1) is 0 Å². The summed E-state index contributed by atoms with van der Waals surface area (Å²) in [5.41, 5.74) is 1.17. The van der Waals surface area contributed by atoms with E-state index in [9.17, 15) is 0 Å². The minimum atomic E-state index is 0.321. The van der Waals surface area contributed by atoms with E-state index in [4.69, 9.17) is 11.6 Å². The highest BCUT2D eigenvalue weighted by molar-refractivity contribution is 6.31. The van der Waals surface area contributed by atoms with E-state index in [-0.39, 0.29) is 0 Å². The molecule has 2 rings (SSSR count). The van der Waals surface area contributed by atoms with E-state index in [1.54, 1.807) is 6.20 Å². The molecule has 0 spiro atoms. The molecule has 4 heteroatoms. The second-order valence-corrected chi connectivity index (χ2v) is 6.79. The Hall–Kier alpha value is -0.540. The van der Waals surface area contributed by atoms with Gasteiger partial charge >= 0.3 is 0 Å². The van der Waals surface area contributed by atoms with Gasteiger partial charge in [0.15, 0.2) is 0 Å². The van der Waals surface area contributed by atoms with Crippen LogP contribution in [0.3, 0.4) is 0 Å². The summed E-state index contributed by atoms with van der Waals surface area (Å²) >= 11 is 6.43. The second-order valence-electron chi connectivity index (χ2n) is 6.38. The Morgan fingerprint density at radius 3 is 2.80 bits per heavy atom. The molecule has 1 heterocycles. The van der Waals surface area contributed by atoms with Crippen molar-refractivity contribution in [3.8, 4) is 0 Å². The molecule has 0 aromatic carbocycles. The first-order valence-corrected chi connectivity index (χ1v) is 8.36. The van der Waals surface area contributed by atoms with Crippen molar-refractivity contribution in [2.24, 2.45) is 11.8 Å². The van der Waals surface area contributed by atoms with Crippen LogP contribution in [0.1, 0.15) is 70.7 Å². The molecule has 1 N–H and O–H groups in total. The van der Waals surface area contributed by atoms with Crippen LogP contribution in [-0.4, -0.2) is 16.8 Å². The average molecular weight is 298 g/mol. The van der Waals surface area contributed by atoms with Gasteiger partial charge in [-0.2, -0.15) is 5.10 Å². The van der Waals surface area contributed by atoms with Gasteiger partial charge in [0.05, 0.1) is 23.0 Å². The van der Waals surface area contributed by atoms with Crippen LogP contribution in [-0.2, 0) is 0 Å². The monoisotopic (exact) mass is 297 g/mol. The molecule has 1 aliphatic rings. The van der Waals surface area contributed by atoms with Gasteiger partial charge in [0, 0.05) is 6.04 Å². The Kier molecular flexibility index (Phi) is 5.50. The van der Waals surface area contributed by atoms with Crippen LogP contribution in [0.2, 0.25) is 5.02 Å². The van der Waals surface area contributed by atoms with Gasteiger partial charge in [-0.1, -0.05) is 37.8 Å². The van der Waals surface area contributed by atoms with Gasteiger partial charge in [-0.05, 0) is 45.6 Å². The van der Waals surface area contributed by atoms with Crippen molar-refractivity contribution < 1.29 is 0 Å². The molecule has 1 fully saturated rings. The molecular weight excluding hydrogens is 270 g/mol. The molecule has 3 atom stereocenters. The Bertz CT molecular complexity index is 427. The lowest BCUT2D eigenvalue weighted by atomic mass is 9.76. The van der Waals surface area contributed by atoms with E-state index in [0.29, 0.717) is 18.0 Å². The zero-order valence-electron chi connectivity index (χ0n) is 13.2. The Balaban J connectivity index is 2.25. The van der Waals surface area contributed by atoms with Crippen LogP contribution in [0, 0.1) is 11.8 Å². The minimum Gasteiger partial charge on any atom is -0.311 e. The third-order valence-electron chi connectivity index (χ3n) is 4.75. The number of rotatable bonds is 5. The highest BCUT2D eigenvalue weighted by Crippen LogP contribution is 2.40. The van der Waals surface area contributed by atoms with Crippen molar-refractivity contribution in [1.29, 1.82) is 0 Å². The average Bonchev–Trinajstić information content (AvgIpc) is 2.82. The summed E-state index contributed by atoms with van der Waals surface area (Å²) < 4.78 is 2.08. The molecule has 0 saturated heterocycles. The topological polar surface area (TPSA) is 29.9 Å². The molecule has 0 radical (unpaired) electrons. The zero-order chi connectivity index (χ0) is 14.7. The quantitative estimate of drug-likeness (QED) is 0.861. The molecule has 114 valence electrons. The van der Waals surface area contributed by atoms with Gasteiger partial charge in [0.2, 0.25) is 0 Å². The predicted octanol–water partition coefficient (Wildman–Crippen LogP) is 4.59. The van der Waals surface area contributed by atoms with Crippen LogP contribution in [0.25, 0.3) is 0 Å². The molecular formula is C16H28ClN3. The fraction of sp³-hybridized carbons (Fsp3) is 0.812. The third-order valence-corrected chi connectivity index (χ3v) is 5.05. The number of hydrogen-bond donors (Lipinski definition) is 1. The predicted molar refractivity (Wildman–Crippen MR) is 85.2 cm³/mol. The van der Waals surface area contributed by atoms with Crippen LogP contribution in [0.15, 0.2) is 6.20 Å². The van der Waals surface area contributed by atoms with E-state index >= 15 is 0 Å². The fourth-order valence-corrected chi connectivity index (χ4v) is 3.90. The number of nitrogens with zero attached hydrogens (tertiary/aromatic N) is 2. The zero-order valence-corrected chi connectivity index (χ0v) is 14.0. The number of aromatic nitrogens is 2. The molecule has 1 aromatic heterocycles. The highest BCUT2D eigenvalue weighted by atomic mass is 35.5. The Morgan fingerprint density at radius 1 is 1.45 bits per heavy atom. The molecule has 3 nitrogen and oxygen atoms in total. The lowest BCUT2D eigenvalue weighted by Gasteiger charge is -2.35. The SMILES string of the molecule is CCC1CCCC(C(NC)c2c(Cl)cnn2C(C)C)C1. The van der Waals surface area contributed by atoms with Crippen LogP contribution < -0.4 is 5.32 Å². The first kappa shape index (κ1) is 15.8. The van der Waals surface area contributed by atoms with Gasteiger partial charge < -0.3 is 5.32 Å². The maximum Gasteiger partial charge on any atom is 0.0834 e. The van der Waals surface area contributed by atoms with E-state index in [0.717, 1.165) is 10.9 Å². The molecule has 1 saturated carbocycles. The second kappa shape index (κ2) is 6.95. The molecule has 0 bridgehead atoms. The van der Waals surface area contributed by atoms with Crippen molar-refractivity contribution in [3.63, 3.8) is 0 Å². The first-order valence-electron chi connectivity index (χ1n) is 7.98. The molecule has 0 amide bonds. The normalized spacial score (nSPS) is 25.1. The standard InChI is InChI=1S/C16H28ClN3/c1-5-12-7-6-8-13(9-12)15(18-4)16-14(17)10-19-20(16)11(2)3/h10-13,15,18H,5-9H2,1-4H3. The summed E-state index contributed by atoms with van der Waals surface area (Å²) in [6.45, 7) is 6.64. The first-order chi connectivity index (χ1) is 9.58. The maximum absolute atomic E-state index is 6.43. The molecule has 0 aliphatic heterocycles. The summed E-state index contributed by atoms with van der Waals surface area (Å²) in [5, 5.41) is 8.77. The number of halogens is 1. The lowest BCUT2D eigenvalue weighted by Crippen LogP contribution is -2.31. The van der Waals surface area contributed by atoms with Gasteiger partial charge in [0.25, 0.3) is 0 Å². The smallest absolute Gasteiger partial charge is 0.0834 e. The molecule has 3 unspecified atom stereocenters. The van der Waals surface area contributed by atoms with Gasteiger partial charge in [-0.25, -0.2) is 0 Å². The molecule has 1 aliphatic carbocycles. The molecule has 20 heavy (non-hydrogen) atoms. The maximum atomic E-state index is 6.43. The summed E-state index contributed by atoms with van der Waals surface area (Å²) in [6, 6.07) is 0.667. The number of nitrogens with one attached hydrogen (secondary N) is 1. The van der Waals surface area contributed by atoms with Crippen LogP contribution >= 0.6 is 11.6 Å². The minimum absolute atomic E-state index is 0.321. The molecule has 1 aromatic rings. The Labute approximate surface area is 128 Å². The highest BCUT2D eigenvalue weighted by Gasteiger charge is 2.31. The van der Waals surface area contributed by atoms with Gasteiger partial charge in [0.1, 0.15) is 0 Å². The third kappa shape index (κ3) is 3.20. The Morgan fingerprint density at radius 2 is 2.20 bits per heavy atom. The lowest BCUT2D eigenvalue weighted by molar-refractivity contribution is 0.207. The van der Waals surface area contributed by atoms with E-state index in [1.165, 1.54) is 37.8 Å².